The smallest absolute Gasteiger partial charge is 0.106 e. The summed E-state index contributed by atoms with van der Waals surface area (Å²) in [5.41, 5.74) is 4.76. The molecule has 2 N–H and O–H groups in total. The molecule has 1 aliphatic carbocycles. The fourth-order valence-electron chi connectivity index (χ4n) is 3.50. The first-order chi connectivity index (χ1) is 10.6. The number of aryl methyl sites for hydroxylation is 2. The SMILES string of the molecule is Cc1n[nH]c(C)c1CN(C)Cc1cnc(CC2CCCC2)[nH]1. The topological polar surface area (TPSA) is 60.6 Å². The van der Waals surface area contributed by atoms with Gasteiger partial charge in [0.1, 0.15) is 5.82 Å². The van der Waals surface area contributed by atoms with Crippen LogP contribution in [0, 0.1) is 19.8 Å². The highest BCUT2D eigenvalue weighted by Gasteiger charge is 2.17. The van der Waals surface area contributed by atoms with Gasteiger partial charge >= 0.3 is 0 Å². The zero-order valence-electron chi connectivity index (χ0n) is 13.9. The second-order valence-corrected chi connectivity index (χ2v) is 6.79. The molecule has 0 radical (unpaired) electrons. The van der Waals surface area contributed by atoms with E-state index in [1.807, 2.05) is 6.20 Å². The normalized spacial score (nSPS) is 16.0. The highest BCUT2D eigenvalue weighted by molar-refractivity contribution is 5.22. The van der Waals surface area contributed by atoms with Crippen LogP contribution < -0.4 is 0 Å². The van der Waals surface area contributed by atoms with Gasteiger partial charge < -0.3 is 4.98 Å². The molecule has 0 aliphatic heterocycles. The van der Waals surface area contributed by atoms with Crippen LogP contribution in [-0.2, 0) is 19.5 Å². The van der Waals surface area contributed by atoms with Crippen LogP contribution in [0.1, 0.15) is 54.2 Å². The first-order valence-electron chi connectivity index (χ1n) is 8.33. The summed E-state index contributed by atoms with van der Waals surface area (Å²) in [5, 5.41) is 7.32. The Balaban J connectivity index is 1.55. The average Bonchev–Trinajstić information content (AvgIpc) is 3.19. The Kier molecular flexibility index (Phi) is 4.62. The third-order valence-corrected chi connectivity index (χ3v) is 4.79. The molecule has 0 atom stereocenters. The first kappa shape index (κ1) is 15.3. The van der Waals surface area contributed by atoms with E-state index in [1.54, 1.807) is 0 Å². The number of hydrogen-bond donors (Lipinski definition) is 2. The standard InChI is InChI=1S/C17H27N5/c1-12-16(13(2)21-20-12)11-22(3)10-15-9-18-17(19-15)8-14-6-4-5-7-14/h9,14H,4-8,10-11H2,1-3H3,(H,18,19)(H,20,21). The molecule has 2 aromatic heterocycles. The van der Waals surface area contributed by atoms with Crippen molar-refractivity contribution < 1.29 is 0 Å². The number of hydrogen-bond acceptors (Lipinski definition) is 3. The fraction of sp³-hybridized carbons (Fsp3) is 0.647. The van der Waals surface area contributed by atoms with E-state index in [-0.39, 0.29) is 0 Å². The van der Waals surface area contributed by atoms with Crippen LogP contribution in [0.15, 0.2) is 6.20 Å². The number of nitrogens with one attached hydrogen (secondary N) is 2. The lowest BCUT2D eigenvalue weighted by atomic mass is 10.0. The quantitative estimate of drug-likeness (QED) is 0.862. The molecule has 0 aromatic carbocycles. The lowest BCUT2D eigenvalue weighted by Crippen LogP contribution is -2.18. The van der Waals surface area contributed by atoms with Crippen LogP contribution in [0.4, 0.5) is 0 Å². The van der Waals surface area contributed by atoms with Crippen molar-refractivity contribution in [2.24, 2.45) is 5.92 Å². The van der Waals surface area contributed by atoms with E-state index >= 15 is 0 Å². The van der Waals surface area contributed by atoms with E-state index in [1.165, 1.54) is 36.9 Å². The predicted molar refractivity (Wildman–Crippen MR) is 87.5 cm³/mol. The van der Waals surface area contributed by atoms with Gasteiger partial charge in [-0.15, -0.1) is 0 Å². The maximum Gasteiger partial charge on any atom is 0.106 e. The second-order valence-electron chi connectivity index (χ2n) is 6.79. The molecule has 2 heterocycles. The Bertz CT molecular complexity index is 587. The maximum atomic E-state index is 4.56. The number of imidazole rings is 1. The van der Waals surface area contributed by atoms with Gasteiger partial charge in [-0.2, -0.15) is 5.10 Å². The summed E-state index contributed by atoms with van der Waals surface area (Å²) in [4.78, 5) is 10.4. The van der Waals surface area contributed by atoms with Gasteiger partial charge in [0.15, 0.2) is 0 Å². The molecule has 1 saturated carbocycles. The molecule has 0 amide bonds. The van der Waals surface area contributed by atoms with Gasteiger partial charge in [-0.1, -0.05) is 25.7 Å². The molecule has 5 heteroatoms. The zero-order valence-corrected chi connectivity index (χ0v) is 13.9. The summed E-state index contributed by atoms with van der Waals surface area (Å²) in [6, 6.07) is 0. The van der Waals surface area contributed by atoms with Crippen LogP contribution in [0.3, 0.4) is 0 Å². The Morgan fingerprint density at radius 1 is 1.23 bits per heavy atom. The minimum absolute atomic E-state index is 0.841. The molecule has 0 saturated heterocycles. The van der Waals surface area contributed by atoms with Gasteiger partial charge in [-0.05, 0) is 26.8 Å². The van der Waals surface area contributed by atoms with Crippen LogP contribution in [0.5, 0.6) is 0 Å². The second kappa shape index (κ2) is 6.65. The third kappa shape index (κ3) is 3.58. The summed E-state index contributed by atoms with van der Waals surface area (Å²) in [7, 11) is 2.14. The highest BCUT2D eigenvalue weighted by atomic mass is 15.1. The summed E-state index contributed by atoms with van der Waals surface area (Å²) >= 11 is 0. The van der Waals surface area contributed by atoms with Gasteiger partial charge in [-0.25, -0.2) is 4.98 Å². The molecule has 5 nitrogen and oxygen atoms in total. The molecule has 0 bridgehead atoms. The van der Waals surface area contributed by atoms with Gasteiger partial charge in [0.25, 0.3) is 0 Å². The molecule has 3 rings (SSSR count). The lowest BCUT2D eigenvalue weighted by molar-refractivity contribution is 0.314. The monoisotopic (exact) mass is 301 g/mol. The van der Waals surface area contributed by atoms with Crippen molar-refractivity contribution in [1.29, 1.82) is 0 Å². The Labute approximate surface area is 132 Å². The first-order valence-corrected chi connectivity index (χ1v) is 8.33. The van der Waals surface area contributed by atoms with E-state index in [4.69, 9.17) is 0 Å². The number of aromatic nitrogens is 4. The Morgan fingerprint density at radius 2 is 2.00 bits per heavy atom. The van der Waals surface area contributed by atoms with Crippen LogP contribution in [-0.4, -0.2) is 32.1 Å². The van der Waals surface area contributed by atoms with Crippen molar-refractivity contribution in [2.75, 3.05) is 7.05 Å². The van der Waals surface area contributed by atoms with Crippen LogP contribution in [0.25, 0.3) is 0 Å². The van der Waals surface area contributed by atoms with Crippen molar-refractivity contribution in [2.45, 2.75) is 59.0 Å². The van der Waals surface area contributed by atoms with Crippen molar-refractivity contribution >= 4 is 0 Å². The van der Waals surface area contributed by atoms with Crippen molar-refractivity contribution in [3.8, 4) is 0 Å². The molecule has 120 valence electrons. The summed E-state index contributed by atoms with van der Waals surface area (Å²) in [5.74, 6) is 2.00. The Hall–Kier alpha value is -1.62. The maximum absolute atomic E-state index is 4.56. The van der Waals surface area contributed by atoms with Gasteiger partial charge in [-0.3, -0.25) is 10.00 Å². The lowest BCUT2D eigenvalue weighted by Gasteiger charge is -2.15. The molecule has 0 unspecified atom stereocenters. The Morgan fingerprint density at radius 3 is 2.68 bits per heavy atom. The molecule has 1 fully saturated rings. The third-order valence-electron chi connectivity index (χ3n) is 4.79. The van der Waals surface area contributed by atoms with Gasteiger partial charge in [0, 0.05) is 42.7 Å². The molecular weight excluding hydrogens is 274 g/mol. The summed E-state index contributed by atoms with van der Waals surface area (Å²) in [6.07, 6.45) is 8.64. The minimum Gasteiger partial charge on any atom is -0.345 e. The van der Waals surface area contributed by atoms with Gasteiger partial charge in [0.2, 0.25) is 0 Å². The van der Waals surface area contributed by atoms with E-state index in [0.717, 1.165) is 42.6 Å². The number of H-pyrrole nitrogens is 2. The average molecular weight is 301 g/mol. The van der Waals surface area contributed by atoms with E-state index in [0.29, 0.717) is 0 Å². The fourth-order valence-corrected chi connectivity index (χ4v) is 3.50. The summed E-state index contributed by atoms with van der Waals surface area (Å²) in [6.45, 7) is 5.94. The van der Waals surface area contributed by atoms with Crippen molar-refractivity contribution in [3.63, 3.8) is 0 Å². The molecule has 1 aliphatic rings. The predicted octanol–water partition coefficient (Wildman–Crippen LogP) is 3.11. The molecule has 2 aromatic rings. The number of aromatic amines is 2. The molecule has 0 spiro atoms. The molecular formula is C17H27N5. The van der Waals surface area contributed by atoms with Crippen molar-refractivity contribution in [3.05, 3.63) is 34.7 Å². The number of rotatable bonds is 6. The molecule has 22 heavy (non-hydrogen) atoms. The summed E-state index contributed by atoms with van der Waals surface area (Å²) < 4.78 is 0. The van der Waals surface area contributed by atoms with Crippen LogP contribution >= 0.6 is 0 Å². The zero-order chi connectivity index (χ0) is 15.5. The minimum atomic E-state index is 0.841. The van der Waals surface area contributed by atoms with Crippen LogP contribution in [0.2, 0.25) is 0 Å². The number of nitrogens with zero attached hydrogens (tertiary/aromatic N) is 3. The largest absolute Gasteiger partial charge is 0.345 e. The van der Waals surface area contributed by atoms with E-state index in [2.05, 4.69) is 46.0 Å². The van der Waals surface area contributed by atoms with Crippen molar-refractivity contribution in [1.82, 2.24) is 25.1 Å². The highest BCUT2D eigenvalue weighted by Crippen LogP contribution is 2.27. The van der Waals surface area contributed by atoms with Gasteiger partial charge in [0.05, 0.1) is 5.69 Å². The van der Waals surface area contributed by atoms with E-state index in [9.17, 15) is 0 Å². The van der Waals surface area contributed by atoms with E-state index < -0.39 is 0 Å².